The molecule has 36 heavy (non-hydrogen) atoms. The molecule has 0 bridgehead atoms. The Bertz CT molecular complexity index is 1270. The van der Waals surface area contributed by atoms with Crippen LogP contribution in [0.4, 0.5) is 11.5 Å². The molecule has 0 radical (unpaired) electrons. The lowest BCUT2D eigenvalue weighted by Crippen LogP contribution is -2.35. The molecule has 2 aromatic heterocycles. The van der Waals surface area contributed by atoms with Crippen molar-refractivity contribution in [3.05, 3.63) is 47.3 Å². The van der Waals surface area contributed by atoms with Gasteiger partial charge in [-0.05, 0) is 70.1 Å². The first kappa shape index (κ1) is 25.5. The monoisotopic (exact) mass is 514 g/mol. The number of nitrogens with one attached hydrogen (secondary N) is 2. The fraction of sp³-hybridized carbons (Fsp3) is 0.360. The van der Waals surface area contributed by atoms with Crippen LogP contribution in [0, 0.1) is 5.92 Å². The summed E-state index contributed by atoms with van der Waals surface area (Å²) in [6, 6.07) is 8.19. The van der Waals surface area contributed by atoms with Gasteiger partial charge < -0.3 is 29.8 Å². The molecule has 1 fully saturated rings. The van der Waals surface area contributed by atoms with Crippen molar-refractivity contribution >= 4 is 51.9 Å². The molecule has 0 spiro atoms. The van der Waals surface area contributed by atoms with Crippen molar-refractivity contribution in [1.82, 2.24) is 9.88 Å². The van der Waals surface area contributed by atoms with Crippen LogP contribution >= 0.6 is 11.6 Å². The van der Waals surface area contributed by atoms with E-state index in [2.05, 4.69) is 20.5 Å². The Balaban J connectivity index is 1.63. The van der Waals surface area contributed by atoms with E-state index >= 15 is 0 Å². The number of pyridine rings is 1. The summed E-state index contributed by atoms with van der Waals surface area (Å²) < 4.78 is 11.1. The number of hydrogen-bond acceptors (Lipinski definition) is 7. The van der Waals surface area contributed by atoms with E-state index in [0.717, 1.165) is 25.7 Å². The van der Waals surface area contributed by atoms with Crippen LogP contribution in [0.5, 0.6) is 5.75 Å². The highest BCUT2D eigenvalue weighted by molar-refractivity contribution is 6.30. The molecule has 1 aromatic carbocycles. The summed E-state index contributed by atoms with van der Waals surface area (Å²) in [6.07, 6.45) is 4.66. The number of carbonyl (C=O) groups excluding carboxylic acids is 2. The van der Waals surface area contributed by atoms with Gasteiger partial charge in [0.05, 0.1) is 5.02 Å². The van der Waals surface area contributed by atoms with Crippen LogP contribution < -0.4 is 15.4 Å². The number of halogens is 1. The Kier molecular flexibility index (Phi) is 7.76. The van der Waals surface area contributed by atoms with Crippen molar-refractivity contribution in [3.63, 3.8) is 0 Å². The average molecular weight is 515 g/mol. The number of ether oxygens (including phenoxy) is 1. The predicted octanol–water partition coefficient (Wildman–Crippen LogP) is 4.26. The number of amides is 2. The van der Waals surface area contributed by atoms with E-state index in [-0.39, 0.29) is 34.8 Å². The van der Waals surface area contributed by atoms with Gasteiger partial charge in [0.15, 0.2) is 6.61 Å². The molecular formula is C25H27ClN4O6. The second-order valence-electron chi connectivity index (χ2n) is 8.92. The molecule has 0 atom stereocenters. The van der Waals surface area contributed by atoms with Gasteiger partial charge >= 0.3 is 5.97 Å². The van der Waals surface area contributed by atoms with Crippen LogP contribution in [-0.4, -0.2) is 59.5 Å². The van der Waals surface area contributed by atoms with E-state index in [4.69, 9.17) is 25.9 Å². The molecule has 3 N–H and O–H groups in total. The molecular weight excluding hydrogens is 488 g/mol. The van der Waals surface area contributed by atoms with Crippen LogP contribution in [0.1, 0.15) is 36.2 Å². The number of aliphatic carboxylic acids is 1. The van der Waals surface area contributed by atoms with Crippen LogP contribution in [0.15, 0.2) is 40.9 Å². The van der Waals surface area contributed by atoms with Crippen LogP contribution in [0.25, 0.3) is 11.0 Å². The minimum Gasteiger partial charge on any atom is -0.482 e. The molecule has 11 heteroatoms. The van der Waals surface area contributed by atoms with Crippen molar-refractivity contribution in [2.24, 2.45) is 5.92 Å². The number of hydrogen-bond donors (Lipinski definition) is 3. The predicted molar refractivity (Wildman–Crippen MR) is 135 cm³/mol. The van der Waals surface area contributed by atoms with Gasteiger partial charge in [-0.25, -0.2) is 9.78 Å². The summed E-state index contributed by atoms with van der Waals surface area (Å²) in [6.45, 7) is -0.532. The summed E-state index contributed by atoms with van der Waals surface area (Å²) in [4.78, 5) is 43.5. The molecule has 3 aromatic rings. The number of aromatic nitrogens is 1. The van der Waals surface area contributed by atoms with Gasteiger partial charge in [-0.3, -0.25) is 9.59 Å². The zero-order valence-electron chi connectivity index (χ0n) is 19.9. The first-order chi connectivity index (χ1) is 17.2. The van der Waals surface area contributed by atoms with Gasteiger partial charge in [0.25, 0.3) is 5.91 Å². The molecule has 0 aliphatic heterocycles. The van der Waals surface area contributed by atoms with Crippen LogP contribution in [0.3, 0.4) is 0 Å². The summed E-state index contributed by atoms with van der Waals surface area (Å²) in [5.74, 6) is -1.72. The molecule has 4 rings (SSSR count). The quantitative estimate of drug-likeness (QED) is 0.406. The number of anilines is 2. The van der Waals surface area contributed by atoms with Crippen molar-refractivity contribution < 1.29 is 28.6 Å². The lowest BCUT2D eigenvalue weighted by Gasteiger charge is -2.31. The van der Waals surface area contributed by atoms with Gasteiger partial charge in [-0.15, -0.1) is 0 Å². The van der Waals surface area contributed by atoms with E-state index in [0.29, 0.717) is 22.0 Å². The first-order valence-electron chi connectivity index (χ1n) is 11.5. The second kappa shape index (κ2) is 11.0. The lowest BCUT2D eigenvalue weighted by atomic mass is 9.85. The highest BCUT2D eigenvalue weighted by atomic mass is 35.5. The molecule has 0 saturated heterocycles. The minimum atomic E-state index is -1.13. The Morgan fingerprint density at radius 2 is 1.89 bits per heavy atom. The molecule has 190 valence electrons. The largest absolute Gasteiger partial charge is 0.482 e. The molecule has 2 amide bonds. The normalized spacial score (nSPS) is 17.7. The third-order valence-corrected chi connectivity index (χ3v) is 6.47. The molecule has 1 aliphatic rings. The topological polar surface area (TPSA) is 134 Å². The number of benzene rings is 1. The number of rotatable bonds is 8. The van der Waals surface area contributed by atoms with Gasteiger partial charge in [-0.1, -0.05) is 11.6 Å². The standard InChI is InChI=1S/C25H27ClN4O6/c1-30(2)16-6-3-14(4-7-16)24(33)29-22-18-11-17(35-13-21(31)32)8-9-19(18)36-23(22)25(34)28-20-10-5-15(26)12-27-20/h5,8-12,14,16H,3-4,6-7,13H2,1-2H3,(H,29,33)(H,31,32)(H,27,28,34). The third kappa shape index (κ3) is 5.95. The van der Waals surface area contributed by atoms with Crippen molar-refractivity contribution in [3.8, 4) is 5.75 Å². The number of fused-ring (bicyclic) bond motifs is 1. The zero-order chi connectivity index (χ0) is 25.8. The summed E-state index contributed by atoms with van der Waals surface area (Å²) in [7, 11) is 4.07. The molecule has 0 unspecified atom stereocenters. The Labute approximate surface area is 212 Å². The number of carboxylic acids is 1. The Morgan fingerprint density at radius 3 is 2.53 bits per heavy atom. The number of carbonyl (C=O) groups is 3. The third-order valence-electron chi connectivity index (χ3n) is 6.24. The fourth-order valence-electron chi connectivity index (χ4n) is 4.30. The lowest BCUT2D eigenvalue weighted by molar-refractivity contribution is -0.139. The van der Waals surface area contributed by atoms with Gasteiger partial charge in [0.1, 0.15) is 22.8 Å². The van der Waals surface area contributed by atoms with Crippen LogP contribution in [-0.2, 0) is 9.59 Å². The summed E-state index contributed by atoms with van der Waals surface area (Å²) in [5.41, 5.74) is 0.524. The minimum absolute atomic E-state index is 0.104. The maximum atomic E-state index is 13.2. The molecule has 1 aliphatic carbocycles. The number of nitrogens with zero attached hydrogens (tertiary/aromatic N) is 2. The Morgan fingerprint density at radius 1 is 1.14 bits per heavy atom. The van der Waals surface area contributed by atoms with E-state index in [9.17, 15) is 14.4 Å². The number of furan rings is 1. The smallest absolute Gasteiger partial charge is 0.341 e. The number of carboxylic acid groups (broad SMARTS) is 1. The van der Waals surface area contributed by atoms with Gasteiger partial charge in [0, 0.05) is 23.5 Å². The zero-order valence-corrected chi connectivity index (χ0v) is 20.7. The van der Waals surface area contributed by atoms with Gasteiger partial charge in [0.2, 0.25) is 11.7 Å². The average Bonchev–Trinajstić information content (AvgIpc) is 3.21. The maximum Gasteiger partial charge on any atom is 0.341 e. The SMILES string of the molecule is CN(C)C1CCC(C(=O)Nc2c(C(=O)Nc3ccc(Cl)cn3)oc3ccc(OCC(=O)O)cc23)CC1. The highest BCUT2D eigenvalue weighted by Gasteiger charge is 2.30. The summed E-state index contributed by atoms with van der Waals surface area (Å²) >= 11 is 5.87. The molecule has 1 saturated carbocycles. The maximum absolute atomic E-state index is 13.2. The second-order valence-corrected chi connectivity index (χ2v) is 9.36. The van der Waals surface area contributed by atoms with E-state index in [1.54, 1.807) is 18.2 Å². The highest BCUT2D eigenvalue weighted by Crippen LogP contribution is 2.36. The van der Waals surface area contributed by atoms with Crippen molar-refractivity contribution in [1.29, 1.82) is 0 Å². The molecule has 10 nitrogen and oxygen atoms in total. The van der Waals surface area contributed by atoms with E-state index in [1.165, 1.54) is 18.3 Å². The summed E-state index contributed by atoms with van der Waals surface area (Å²) in [5, 5.41) is 15.3. The van der Waals surface area contributed by atoms with Gasteiger partial charge in [-0.2, -0.15) is 0 Å². The van der Waals surface area contributed by atoms with Crippen molar-refractivity contribution in [2.45, 2.75) is 31.7 Å². The first-order valence-corrected chi connectivity index (χ1v) is 11.9. The van der Waals surface area contributed by atoms with E-state index < -0.39 is 18.5 Å². The fourth-order valence-corrected chi connectivity index (χ4v) is 4.41. The molecule has 2 heterocycles. The van der Waals surface area contributed by atoms with Crippen LogP contribution in [0.2, 0.25) is 5.02 Å². The van der Waals surface area contributed by atoms with Crippen molar-refractivity contribution in [2.75, 3.05) is 31.3 Å². The Hall–Kier alpha value is -3.63. The van der Waals surface area contributed by atoms with E-state index in [1.807, 2.05) is 14.1 Å².